The van der Waals surface area contributed by atoms with Gasteiger partial charge in [-0.25, -0.2) is 0 Å². The van der Waals surface area contributed by atoms with Gasteiger partial charge in [0.25, 0.3) is 5.91 Å². The number of nitrogens with one attached hydrogen (secondary N) is 1. The molecule has 0 radical (unpaired) electrons. The van der Waals surface area contributed by atoms with Crippen LogP contribution in [0.15, 0.2) is 0 Å². The summed E-state index contributed by atoms with van der Waals surface area (Å²) < 4.78 is 12.5. The normalized spacial score (nSPS) is 21.1. The average molecular weight is 297 g/mol. The lowest BCUT2D eigenvalue weighted by atomic mass is 9.99. The van der Waals surface area contributed by atoms with Gasteiger partial charge in [0, 0.05) is 25.6 Å². The van der Waals surface area contributed by atoms with E-state index in [1.165, 1.54) is 0 Å². The lowest BCUT2D eigenvalue weighted by Crippen LogP contribution is -2.31. The smallest absolute Gasteiger partial charge is 0.269 e. The van der Waals surface area contributed by atoms with E-state index < -0.39 is 0 Å². The van der Waals surface area contributed by atoms with Crippen molar-refractivity contribution in [2.45, 2.75) is 39.0 Å². The topological polar surface area (TPSA) is 85.6 Å². The number of carbonyl (C=O) groups excluding carboxylic acids is 1. The molecule has 0 unspecified atom stereocenters. The maximum Gasteiger partial charge on any atom is 0.269 e. The van der Waals surface area contributed by atoms with E-state index in [1.807, 2.05) is 13.8 Å². The molecule has 0 spiro atoms. The minimum atomic E-state index is -0.213. The molecule has 0 bridgehead atoms. The van der Waals surface area contributed by atoms with Gasteiger partial charge in [0.2, 0.25) is 0 Å². The fourth-order valence-electron chi connectivity index (χ4n) is 2.64. The summed E-state index contributed by atoms with van der Waals surface area (Å²) in [6.07, 6.45) is 0.586. The van der Waals surface area contributed by atoms with E-state index in [4.69, 9.17) is 14.6 Å². The van der Waals surface area contributed by atoms with E-state index >= 15 is 0 Å². The largest absolute Gasteiger partial charge is 0.395 e. The molecule has 0 saturated carbocycles. The first-order valence-corrected chi connectivity index (χ1v) is 7.21. The van der Waals surface area contributed by atoms with Crippen molar-refractivity contribution < 1.29 is 19.4 Å². The van der Waals surface area contributed by atoms with Crippen LogP contribution in [0.4, 0.5) is 0 Å². The number of rotatable bonds is 6. The monoisotopic (exact) mass is 297 g/mol. The SMILES string of the molecule is COCCn1nc2c(c1C(=O)NCCO)C[C@H](C)O[C@@H]2C. The molecule has 0 aliphatic carbocycles. The highest BCUT2D eigenvalue weighted by Gasteiger charge is 2.31. The van der Waals surface area contributed by atoms with Gasteiger partial charge in [-0.2, -0.15) is 5.10 Å². The third-order valence-corrected chi connectivity index (χ3v) is 3.51. The summed E-state index contributed by atoms with van der Waals surface area (Å²) in [5.41, 5.74) is 2.31. The Morgan fingerprint density at radius 1 is 1.57 bits per heavy atom. The summed E-state index contributed by atoms with van der Waals surface area (Å²) in [5.74, 6) is -0.213. The molecule has 2 rings (SSSR count). The molecule has 0 saturated heterocycles. The number of aliphatic hydroxyl groups is 1. The third-order valence-electron chi connectivity index (χ3n) is 3.51. The van der Waals surface area contributed by atoms with Gasteiger partial charge >= 0.3 is 0 Å². The van der Waals surface area contributed by atoms with Crippen LogP contribution >= 0.6 is 0 Å². The van der Waals surface area contributed by atoms with Crippen LogP contribution in [-0.2, 0) is 22.4 Å². The van der Waals surface area contributed by atoms with Crippen LogP contribution in [-0.4, -0.2) is 53.8 Å². The number of ether oxygens (including phenoxy) is 2. The number of hydrogen-bond acceptors (Lipinski definition) is 5. The second kappa shape index (κ2) is 7.02. The Morgan fingerprint density at radius 3 is 3.00 bits per heavy atom. The van der Waals surface area contributed by atoms with Crippen LogP contribution in [0.25, 0.3) is 0 Å². The Morgan fingerprint density at radius 2 is 2.33 bits per heavy atom. The molecular formula is C14H23N3O4. The number of hydrogen-bond donors (Lipinski definition) is 2. The van der Waals surface area contributed by atoms with Crippen molar-refractivity contribution in [3.63, 3.8) is 0 Å². The summed E-state index contributed by atoms with van der Waals surface area (Å²) in [6.45, 7) is 5.05. The molecule has 2 heterocycles. The molecule has 2 atom stereocenters. The lowest BCUT2D eigenvalue weighted by Gasteiger charge is -2.24. The molecule has 0 fully saturated rings. The fraction of sp³-hybridized carbons (Fsp3) is 0.714. The Labute approximate surface area is 124 Å². The standard InChI is InChI=1S/C14H23N3O4/c1-9-8-11-12(10(2)21-9)16-17(5-7-20-3)13(11)14(19)15-4-6-18/h9-10,18H,4-8H2,1-3H3,(H,15,19)/t9-,10+/m0/s1. The van der Waals surface area contributed by atoms with Gasteiger partial charge in [0.1, 0.15) is 5.69 Å². The number of aromatic nitrogens is 2. The molecule has 1 aliphatic rings. The summed E-state index contributed by atoms with van der Waals surface area (Å²) in [6, 6.07) is 0. The van der Waals surface area contributed by atoms with E-state index in [9.17, 15) is 4.79 Å². The predicted molar refractivity (Wildman–Crippen MR) is 76.2 cm³/mol. The zero-order chi connectivity index (χ0) is 15.4. The first kappa shape index (κ1) is 15.9. The first-order valence-electron chi connectivity index (χ1n) is 7.21. The summed E-state index contributed by atoms with van der Waals surface area (Å²) >= 11 is 0. The predicted octanol–water partition coefficient (Wildman–Crippen LogP) is 0.274. The molecule has 0 aromatic carbocycles. The van der Waals surface area contributed by atoms with Gasteiger partial charge < -0.3 is 19.9 Å². The van der Waals surface area contributed by atoms with Crippen molar-refractivity contribution in [2.24, 2.45) is 0 Å². The quantitative estimate of drug-likeness (QED) is 0.787. The average Bonchev–Trinajstić information content (AvgIpc) is 2.81. The molecule has 7 nitrogen and oxygen atoms in total. The Kier molecular flexibility index (Phi) is 5.33. The van der Waals surface area contributed by atoms with Crippen molar-refractivity contribution >= 4 is 5.91 Å². The Bertz CT molecular complexity index is 501. The maximum atomic E-state index is 12.4. The highest BCUT2D eigenvalue weighted by atomic mass is 16.5. The number of aliphatic hydroxyl groups excluding tert-OH is 1. The van der Waals surface area contributed by atoms with Crippen LogP contribution in [0.3, 0.4) is 0 Å². The van der Waals surface area contributed by atoms with E-state index in [1.54, 1.807) is 11.8 Å². The van der Waals surface area contributed by atoms with Gasteiger partial charge in [0.05, 0.1) is 37.7 Å². The number of fused-ring (bicyclic) bond motifs is 1. The zero-order valence-corrected chi connectivity index (χ0v) is 12.8. The van der Waals surface area contributed by atoms with Crippen molar-refractivity contribution in [1.82, 2.24) is 15.1 Å². The second-order valence-corrected chi connectivity index (χ2v) is 5.20. The van der Waals surface area contributed by atoms with Crippen LogP contribution in [0.1, 0.15) is 41.7 Å². The highest BCUT2D eigenvalue weighted by Crippen LogP contribution is 2.31. The molecule has 7 heteroatoms. The molecule has 118 valence electrons. The number of methoxy groups -OCH3 is 1. The van der Waals surface area contributed by atoms with Crippen molar-refractivity contribution in [2.75, 3.05) is 26.9 Å². The van der Waals surface area contributed by atoms with Gasteiger partial charge in [0.15, 0.2) is 0 Å². The lowest BCUT2D eigenvalue weighted by molar-refractivity contribution is -0.00716. The van der Waals surface area contributed by atoms with Gasteiger partial charge in [-0.15, -0.1) is 0 Å². The molecular weight excluding hydrogens is 274 g/mol. The Hall–Kier alpha value is -1.44. The second-order valence-electron chi connectivity index (χ2n) is 5.20. The van der Waals surface area contributed by atoms with E-state index in [0.717, 1.165) is 11.3 Å². The highest BCUT2D eigenvalue weighted by molar-refractivity contribution is 5.94. The molecule has 1 aromatic rings. The van der Waals surface area contributed by atoms with Crippen molar-refractivity contribution in [3.05, 3.63) is 17.0 Å². The fourth-order valence-corrected chi connectivity index (χ4v) is 2.64. The van der Waals surface area contributed by atoms with Crippen LogP contribution in [0.5, 0.6) is 0 Å². The number of amides is 1. The van der Waals surface area contributed by atoms with Gasteiger partial charge in [-0.05, 0) is 13.8 Å². The van der Waals surface area contributed by atoms with E-state index in [-0.39, 0.29) is 31.3 Å². The molecule has 1 aliphatic heterocycles. The molecule has 1 aromatic heterocycles. The minimum absolute atomic E-state index is 0.0527. The van der Waals surface area contributed by atoms with Crippen LogP contribution in [0, 0.1) is 0 Å². The molecule has 21 heavy (non-hydrogen) atoms. The third kappa shape index (κ3) is 3.42. The van der Waals surface area contributed by atoms with Crippen molar-refractivity contribution in [3.8, 4) is 0 Å². The zero-order valence-electron chi connectivity index (χ0n) is 12.8. The minimum Gasteiger partial charge on any atom is -0.395 e. The Balaban J connectivity index is 2.36. The number of carbonyl (C=O) groups is 1. The van der Waals surface area contributed by atoms with Gasteiger partial charge in [-0.3, -0.25) is 9.48 Å². The first-order chi connectivity index (χ1) is 10.1. The van der Waals surface area contributed by atoms with Crippen LogP contribution < -0.4 is 5.32 Å². The van der Waals surface area contributed by atoms with Crippen LogP contribution in [0.2, 0.25) is 0 Å². The van der Waals surface area contributed by atoms with E-state index in [0.29, 0.717) is 25.3 Å². The summed E-state index contributed by atoms with van der Waals surface area (Å²) in [7, 11) is 1.61. The molecule has 1 amide bonds. The summed E-state index contributed by atoms with van der Waals surface area (Å²) in [5, 5.41) is 16.1. The van der Waals surface area contributed by atoms with Gasteiger partial charge in [-0.1, -0.05) is 0 Å². The number of nitrogens with zero attached hydrogens (tertiary/aromatic N) is 2. The maximum absolute atomic E-state index is 12.4. The van der Waals surface area contributed by atoms with E-state index in [2.05, 4.69) is 10.4 Å². The van der Waals surface area contributed by atoms with Crippen molar-refractivity contribution in [1.29, 1.82) is 0 Å². The summed E-state index contributed by atoms with van der Waals surface area (Å²) in [4.78, 5) is 12.4. The molecule has 2 N–H and O–H groups in total.